The van der Waals surface area contributed by atoms with Crippen molar-refractivity contribution in [1.29, 1.82) is 0 Å². The minimum absolute atomic E-state index is 0.00574. The number of carbonyl (C=O) groups is 2. The molecule has 2 N–H and O–H groups in total. The zero-order valence-electron chi connectivity index (χ0n) is 10.7. The predicted octanol–water partition coefficient (Wildman–Crippen LogP) is 1.17. The van der Waals surface area contributed by atoms with E-state index in [1.165, 1.54) is 0 Å². The number of hydrogen-bond donors (Lipinski definition) is 2. The van der Waals surface area contributed by atoms with Gasteiger partial charge in [0.15, 0.2) is 0 Å². The van der Waals surface area contributed by atoms with Crippen LogP contribution in [-0.4, -0.2) is 36.2 Å². The zero-order valence-corrected chi connectivity index (χ0v) is 10.7. The Morgan fingerprint density at radius 1 is 1.35 bits per heavy atom. The standard InChI is InChI=1S/C12H21NO4/c1-12(2,7-11(15)16)6-10(14)13-8-4-9(5-8)17-3/h8-9H,4-7H2,1-3H3,(H,13,14)(H,15,16). The molecule has 0 heterocycles. The summed E-state index contributed by atoms with van der Waals surface area (Å²) in [4.78, 5) is 22.3. The van der Waals surface area contributed by atoms with E-state index >= 15 is 0 Å². The number of rotatable bonds is 6. The fraction of sp³-hybridized carbons (Fsp3) is 0.833. The third-order valence-corrected chi connectivity index (χ3v) is 3.06. The van der Waals surface area contributed by atoms with Gasteiger partial charge in [-0.2, -0.15) is 0 Å². The first kappa shape index (κ1) is 14.0. The lowest BCUT2D eigenvalue weighted by Gasteiger charge is -2.35. The average molecular weight is 243 g/mol. The quantitative estimate of drug-likeness (QED) is 0.734. The summed E-state index contributed by atoms with van der Waals surface area (Å²) in [6, 6.07) is 0.188. The first-order chi connectivity index (χ1) is 7.82. The van der Waals surface area contributed by atoms with Crippen LogP contribution in [0, 0.1) is 5.41 Å². The molecule has 0 spiro atoms. The summed E-state index contributed by atoms with van der Waals surface area (Å²) < 4.78 is 5.12. The highest BCUT2D eigenvalue weighted by Gasteiger charge is 2.32. The Kier molecular flexibility index (Phi) is 4.51. The monoisotopic (exact) mass is 243 g/mol. The molecule has 98 valence electrons. The highest BCUT2D eigenvalue weighted by molar-refractivity contribution is 5.78. The van der Waals surface area contributed by atoms with Crippen LogP contribution in [0.15, 0.2) is 0 Å². The summed E-state index contributed by atoms with van der Waals surface area (Å²) in [5, 5.41) is 11.6. The van der Waals surface area contributed by atoms with Crippen LogP contribution in [0.2, 0.25) is 0 Å². The van der Waals surface area contributed by atoms with Crippen LogP contribution in [-0.2, 0) is 14.3 Å². The van der Waals surface area contributed by atoms with E-state index in [-0.39, 0.29) is 30.9 Å². The smallest absolute Gasteiger partial charge is 0.303 e. The summed E-state index contributed by atoms with van der Waals surface area (Å²) >= 11 is 0. The highest BCUT2D eigenvalue weighted by atomic mass is 16.5. The van der Waals surface area contributed by atoms with Crippen molar-refractivity contribution in [2.45, 2.75) is 51.7 Å². The molecule has 0 unspecified atom stereocenters. The summed E-state index contributed by atoms with van der Waals surface area (Å²) in [5.41, 5.74) is -0.500. The molecule has 0 saturated heterocycles. The van der Waals surface area contributed by atoms with Gasteiger partial charge in [0.05, 0.1) is 12.5 Å². The number of carbonyl (C=O) groups excluding carboxylic acids is 1. The van der Waals surface area contributed by atoms with Gasteiger partial charge in [0.1, 0.15) is 0 Å². The van der Waals surface area contributed by atoms with Gasteiger partial charge in [0.2, 0.25) is 5.91 Å². The second kappa shape index (κ2) is 5.49. The van der Waals surface area contributed by atoms with E-state index < -0.39 is 11.4 Å². The maximum Gasteiger partial charge on any atom is 0.303 e. The van der Waals surface area contributed by atoms with Gasteiger partial charge in [-0.05, 0) is 18.3 Å². The summed E-state index contributed by atoms with van der Waals surface area (Å²) in [7, 11) is 1.67. The maximum atomic E-state index is 11.7. The third-order valence-electron chi connectivity index (χ3n) is 3.06. The summed E-state index contributed by atoms with van der Waals surface area (Å²) in [6.07, 6.45) is 2.20. The molecular weight excluding hydrogens is 222 g/mol. The summed E-state index contributed by atoms with van der Waals surface area (Å²) in [6.45, 7) is 3.58. The number of carboxylic acids is 1. The molecule has 1 amide bonds. The maximum absolute atomic E-state index is 11.7. The number of aliphatic carboxylic acids is 1. The molecule has 1 saturated carbocycles. The molecule has 0 atom stereocenters. The first-order valence-electron chi connectivity index (χ1n) is 5.86. The number of hydrogen-bond acceptors (Lipinski definition) is 3. The fourth-order valence-corrected chi connectivity index (χ4v) is 2.06. The molecule has 0 aromatic rings. The molecule has 5 nitrogen and oxygen atoms in total. The number of nitrogens with one attached hydrogen (secondary N) is 1. The summed E-state index contributed by atoms with van der Waals surface area (Å²) in [5.74, 6) is -0.943. The van der Waals surface area contributed by atoms with E-state index in [0.29, 0.717) is 0 Å². The fourth-order valence-electron chi connectivity index (χ4n) is 2.06. The Morgan fingerprint density at radius 3 is 2.41 bits per heavy atom. The van der Waals surface area contributed by atoms with Crippen molar-refractivity contribution >= 4 is 11.9 Å². The van der Waals surface area contributed by atoms with Crippen molar-refractivity contribution in [1.82, 2.24) is 5.32 Å². The van der Waals surface area contributed by atoms with E-state index in [1.807, 2.05) is 0 Å². The molecule has 1 rings (SSSR count). The van der Waals surface area contributed by atoms with Crippen molar-refractivity contribution in [3.63, 3.8) is 0 Å². The van der Waals surface area contributed by atoms with Crippen molar-refractivity contribution < 1.29 is 19.4 Å². The van der Waals surface area contributed by atoms with E-state index in [2.05, 4.69) is 5.32 Å². The SMILES string of the molecule is COC1CC(NC(=O)CC(C)(C)CC(=O)O)C1. The van der Waals surface area contributed by atoms with Crippen LogP contribution in [0.4, 0.5) is 0 Å². The molecular formula is C12H21NO4. The van der Waals surface area contributed by atoms with Crippen LogP contribution >= 0.6 is 0 Å². The Hall–Kier alpha value is -1.10. The Morgan fingerprint density at radius 2 is 1.94 bits per heavy atom. The Labute approximate surface area is 102 Å². The normalized spacial score (nSPS) is 23.9. The highest BCUT2D eigenvalue weighted by Crippen LogP contribution is 2.26. The molecule has 1 fully saturated rings. The molecule has 5 heteroatoms. The van der Waals surface area contributed by atoms with E-state index in [4.69, 9.17) is 9.84 Å². The van der Waals surface area contributed by atoms with Crippen LogP contribution in [0.5, 0.6) is 0 Å². The largest absolute Gasteiger partial charge is 0.481 e. The van der Waals surface area contributed by atoms with Gasteiger partial charge in [-0.1, -0.05) is 13.8 Å². The zero-order chi connectivity index (χ0) is 13.1. The second-order valence-electron chi connectivity index (χ2n) is 5.51. The number of methoxy groups -OCH3 is 1. The second-order valence-corrected chi connectivity index (χ2v) is 5.51. The number of amides is 1. The lowest BCUT2D eigenvalue weighted by molar-refractivity contribution is -0.139. The molecule has 0 aliphatic heterocycles. The van der Waals surface area contributed by atoms with E-state index in [0.717, 1.165) is 12.8 Å². The lowest BCUT2D eigenvalue weighted by atomic mass is 9.84. The van der Waals surface area contributed by atoms with Crippen molar-refractivity contribution in [3.05, 3.63) is 0 Å². The van der Waals surface area contributed by atoms with Crippen LogP contribution in [0.1, 0.15) is 39.5 Å². The van der Waals surface area contributed by atoms with Gasteiger partial charge in [-0.25, -0.2) is 0 Å². The van der Waals surface area contributed by atoms with Gasteiger partial charge >= 0.3 is 5.97 Å². The molecule has 1 aliphatic carbocycles. The number of ether oxygens (including phenoxy) is 1. The molecule has 17 heavy (non-hydrogen) atoms. The first-order valence-corrected chi connectivity index (χ1v) is 5.86. The van der Waals surface area contributed by atoms with Crippen molar-refractivity contribution in [3.8, 4) is 0 Å². The van der Waals surface area contributed by atoms with E-state index in [1.54, 1.807) is 21.0 Å². The Balaban J connectivity index is 2.27. The number of carboxylic acid groups (broad SMARTS) is 1. The van der Waals surface area contributed by atoms with Gasteiger partial charge in [-0.15, -0.1) is 0 Å². The predicted molar refractivity (Wildman–Crippen MR) is 62.6 cm³/mol. The molecule has 1 aliphatic rings. The molecule has 0 aromatic heterocycles. The van der Waals surface area contributed by atoms with Crippen molar-refractivity contribution in [2.75, 3.05) is 7.11 Å². The molecule has 0 radical (unpaired) electrons. The van der Waals surface area contributed by atoms with E-state index in [9.17, 15) is 9.59 Å². The lowest BCUT2D eigenvalue weighted by Crippen LogP contribution is -2.48. The minimum Gasteiger partial charge on any atom is -0.481 e. The minimum atomic E-state index is -0.870. The van der Waals surface area contributed by atoms with Gasteiger partial charge in [0, 0.05) is 19.6 Å². The average Bonchev–Trinajstić information content (AvgIpc) is 2.06. The third kappa shape index (κ3) is 4.73. The van der Waals surface area contributed by atoms with Crippen LogP contribution in [0.25, 0.3) is 0 Å². The van der Waals surface area contributed by atoms with Gasteiger partial charge in [-0.3, -0.25) is 9.59 Å². The Bertz CT molecular complexity index is 295. The van der Waals surface area contributed by atoms with Crippen LogP contribution < -0.4 is 5.32 Å². The topological polar surface area (TPSA) is 75.6 Å². The van der Waals surface area contributed by atoms with Crippen LogP contribution in [0.3, 0.4) is 0 Å². The molecule has 0 aromatic carbocycles. The van der Waals surface area contributed by atoms with Crippen molar-refractivity contribution in [2.24, 2.45) is 5.41 Å². The molecule has 0 bridgehead atoms. The van der Waals surface area contributed by atoms with Gasteiger partial charge in [0.25, 0.3) is 0 Å². The van der Waals surface area contributed by atoms with Gasteiger partial charge < -0.3 is 15.2 Å².